The van der Waals surface area contributed by atoms with Crippen molar-refractivity contribution in [1.82, 2.24) is 10.3 Å². The number of carbonyl (C=O) groups is 3. The van der Waals surface area contributed by atoms with Gasteiger partial charge in [0.1, 0.15) is 12.2 Å². The Bertz CT molecular complexity index is 818. The number of carboxylic acid groups (broad SMARTS) is 1. The van der Waals surface area contributed by atoms with Crippen molar-refractivity contribution < 1.29 is 24.2 Å². The van der Waals surface area contributed by atoms with Gasteiger partial charge in [0, 0.05) is 11.8 Å². The van der Waals surface area contributed by atoms with Crippen LogP contribution < -0.4 is 15.4 Å². The fourth-order valence-electron chi connectivity index (χ4n) is 2.17. The maximum Gasteiger partial charge on any atom is 0.322 e. The first-order valence-electron chi connectivity index (χ1n) is 8.36. The monoisotopic (exact) mass is 371 g/mol. The van der Waals surface area contributed by atoms with Gasteiger partial charge in [-0.25, -0.2) is 4.98 Å². The van der Waals surface area contributed by atoms with E-state index in [-0.39, 0.29) is 30.0 Å². The lowest BCUT2D eigenvalue weighted by atomic mass is 10.1. The molecule has 0 atom stereocenters. The summed E-state index contributed by atoms with van der Waals surface area (Å²) in [5, 5.41) is 13.5. The molecule has 1 heterocycles. The van der Waals surface area contributed by atoms with Crippen LogP contribution in [0.25, 0.3) is 0 Å². The first-order chi connectivity index (χ1) is 12.8. The van der Waals surface area contributed by atoms with Crippen molar-refractivity contribution in [3.63, 3.8) is 0 Å². The zero-order valence-electron chi connectivity index (χ0n) is 15.1. The van der Waals surface area contributed by atoms with Gasteiger partial charge < -0.3 is 20.5 Å². The highest BCUT2D eigenvalue weighted by Gasteiger charge is 2.10. The summed E-state index contributed by atoms with van der Waals surface area (Å²) in [6.45, 7) is 3.33. The molecule has 2 aromatic rings. The summed E-state index contributed by atoms with van der Waals surface area (Å²) in [5.74, 6) is -1.49. The molecule has 142 valence electrons. The van der Waals surface area contributed by atoms with Gasteiger partial charge in [0.15, 0.2) is 0 Å². The fourth-order valence-corrected chi connectivity index (χ4v) is 2.17. The van der Waals surface area contributed by atoms with E-state index in [0.29, 0.717) is 17.1 Å². The standard InChI is InChI=1S/C19H21N3O5/c1-12(2)27-17-5-3-4-15(22-17)19(26)21-14-8-6-13(7-9-14)10-16(23)20-11-18(24)25/h3-9,12H,10-11H2,1-2H3,(H,20,23)(H,21,26)(H,24,25). The first kappa shape index (κ1) is 19.9. The number of benzene rings is 1. The number of pyridine rings is 1. The average Bonchev–Trinajstić information content (AvgIpc) is 2.61. The minimum absolute atomic E-state index is 0.0453. The van der Waals surface area contributed by atoms with E-state index in [0.717, 1.165) is 0 Å². The molecule has 8 heteroatoms. The SMILES string of the molecule is CC(C)Oc1cccc(C(=O)Nc2ccc(CC(=O)NCC(=O)O)cc2)n1. The van der Waals surface area contributed by atoms with Crippen LogP contribution >= 0.6 is 0 Å². The number of amides is 2. The molecule has 0 bridgehead atoms. The van der Waals surface area contributed by atoms with Crippen molar-refractivity contribution in [2.75, 3.05) is 11.9 Å². The van der Waals surface area contributed by atoms with E-state index in [1.54, 1.807) is 42.5 Å². The van der Waals surface area contributed by atoms with Gasteiger partial charge in [-0.1, -0.05) is 18.2 Å². The van der Waals surface area contributed by atoms with Gasteiger partial charge in [-0.3, -0.25) is 14.4 Å². The lowest BCUT2D eigenvalue weighted by Gasteiger charge is -2.10. The molecule has 0 aliphatic heterocycles. The number of anilines is 1. The summed E-state index contributed by atoms with van der Waals surface area (Å²) in [6.07, 6.45) is 0.00790. The van der Waals surface area contributed by atoms with Crippen molar-refractivity contribution in [2.24, 2.45) is 0 Å². The minimum Gasteiger partial charge on any atom is -0.480 e. The van der Waals surface area contributed by atoms with Gasteiger partial charge in [0.05, 0.1) is 12.5 Å². The number of aromatic nitrogens is 1. The van der Waals surface area contributed by atoms with Gasteiger partial charge in [-0.2, -0.15) is 0 Å². The van der Waals surface area contributed by atoms with Crippen LogP contribution in [-0.2, 0) is 16.0 Å². The maximum atomic E-state index is 12.3. The van der Waals surface area contributed by atoms with Crippen LogP contribution in [0.15, 0.2) is 42.5 Å². The predicted molar refractivity (Wildman–Crippen MR) is 98.7 cm³/mol. The summed E-state index contributed by atoms with van der Waals surface area (Å²) >= 11 is 0. The van der Waals surface area contributed by atoms with Gasteiger partial charge >= 0.3 is 5.97 Å². The molecule has 1 aromatic heterocycles. The second kappa shape index (κ2) is 9.33. The van der Waals surface area contributed by atoms with Crippen LogP contribution in [0.2, 0.25) is 0 Å². The third kappa shape index (κ3) is 6.77. The third-order valence-electron chi connectivity index (χ3n) is 3.33. The molecule has 0 fully saturated rings. The van der Waals surface area contributed by atoms with Crippen LogP contribution in [0.1, 0.15) is 29.9 Å². The van der Waals surface area contributed by atoms with E-state index in [1.165, 1.54) is 0 Å². The maximum absolute atomic E-state index is 12.3. The Morgan fingerprint density at radius 1 is 1.11 bits per heavy atom. The van der Waals surface area contributed by atoms with E-state index in [4.69, 9.17) is 9.84 Å². The first-order valence-corrected chi connectivity index (χ1v) is 8.36. The highest BCUT2D eigenvalue weighted by Crippen LogP contribution is 2.14. The third-order valence-corrected chi connectivity index (χ3v) is 3.33. The van der Waals surface area contributed by atoms with Crippen molar-refractivity contribution in [3.8, 4) is 5.88 Å². The molecule has 27 heavy (non-hydrogen) atoms. The van der Waals surface area contributed by atoms with Crippen molar-refractivity contribution in [3.05, 3.63) is 53.7 Å². The molecule has 1 aromatic carbocycles. The predicted octanol–water partition coefficient (Wildman–Crippen LogP) is 1.86. The van der Waals surface area contributed by atoms with E-state index < -0.39 is 12.5 Å². The van der Waals surface area contributed by atoms with E-state index in [2.05, 4.69) is 15.6 Å². The zero-order chi connectivity index (χ0) is 19.8. The van der Waals surface area contributed by atoms with Crippen LogP contribution in [0, 0.1) is 0 Å². The number of rotatable bonds is 8. The Hall–Kier alpha value is -3.42. The summed E-state index contributed by atoms with van der Waals surface area (Å²) in [6, 6.07) is 11.6. The quantitative estimate of drug-likeness (QED) is 0.652. The normalized spacial score (nSPS) is 10.3. The molecule has 3 N–H and O–H groups in total. The number of nitrogens with zero attached hydrogens (tertiary/aromatic N) is 1. The van der Waals surface area contributed by atoms with E-state index in [9.17, 15) is 14.4 Å². The number of carboxylic acids is 1. The smallest absolute Gasteiger partial charge is 0.322 e. The summed E-state index contributed by atoms with van der Waals surface area (Å²) < 4.78 is 5.48. The van der Waals surface area contributed by atoms with Crippen molar-refractivity contribution in [2.45, 2.75) is 26.4 Å². The van der Waals surface area contributed by atoms with Gasteiger partial charge in [-0.15, -0.1) is 0 Å². The Kier molecular flexibility index (Phi) is 6.87. The summed E-state index contributed by atoms with van der Waals surface area (Å²) in [4.78, 5) is 38.5. The Morgan fingerprint density at radius 2 is 1.81 bits per heavy atom. The largest absolute Gasteiger partial charge is 0.480 e. The molecule has 0 aliphatic carbocycles. The number of hydrogen-bond acceptors (Lipinski definition) is 5. The molecule has 2 rings (SSSR count). The average molecular weight is 371 g/mol. The van der Waals surface area contributed by atoms with E-state index >= 15 is 0 Å². The zero-order valence-corrected chi connectivity index (χ0v) is 15.1. The van der Waals surface area contributed by atoms with Gasteiger partial charge in [0.2, 0.25) is 11.8 Å². The van der Waals surface area contributed by atoms with Crippen molar-refractivity contribution in [1.29, 1.82) is 0 Å². The van der Waals surface area contributed by atoms with Crippen LogP contribution in [0.3, 0.4) is 0 Å². The molecule has 0 aliphatic rings. The Balaban J connectivity index is 1.95. The molecule has 0 saturated carbocycles. The second-order valence-corrected chi connectivity index (χ2v) is 6.03. The molecule has 2 amide bonds. The summed E-state index contributed by atoms with van der Waals surface area (Å²) in [7, 11) is 0. The van der Waals surface area contributed by atoms with Gasteiger partial charge in [0.25, 0.3) is 5.91 Å². The highest BCUT2D eigenvalue weighted by atomic mass is 16.5. The summed E-state index contributed by atoms with van der Waals surface area (Å²) in [5.41, 5.74) is 1.47. The number of ether oxygens (including phenoxy) is 1. The fraction of sp³-hybridized carbons (Fsp3) is 0.263. The van der Waals surface area contributed by atoms with Crippen LogP contribution in [0.4, 0.5) is 5.69 Å². The lowest BCUT2D eigenvalue weighted by Crippen LogP contribution is -2.30. The number of aliphatic carboxylic acids is 1. The molecular formula is C19H21N3O5. The Morgan fingerprint density at radius 3 is 2.44 bits per heavy atom. The van der Waals surface area contributed by atoms with Crippen molar-refractivity contribution >= 4 is 23.5 Å². The molecule has 0 unspecified atom stereocenters. The Labute approximate surface area is 156 Å². The van der Waals surface area contributed by atoms with Crippen LogP contribution in [0.5, 0.6) is 5.88 Å². The van der Waals surface area contributed by atoms with Gasteiger partial charge in [-0.05, 0) is 37.6 Å². The molecule has 0 spiro atoms. The van der Waals surface area contributed by atoms with Crippen LogP contribution in [-0.4, -0.2) is 40.5 Å². The second-order valence-electron chi connectivity index (χ2n) is 6.03. The highest BCUT2D eigenvalue weighted by molar-refractivity contribution is 6.02. The molecule has 0 radical (unpaired) electrons. The molecule has 8 nitrogen and oxygen atoms in total. The number of carbonyl (C=O) groups excluding carboxylic acids is 2. The van der Waals surface area contributed by atoms with E-state index in [1.807, 2.05) is 13.8 Å². The topological polar surface area (TPSA) is 118 Å². The minimum atomic E-state index is -1.10. The lowest BCUT2D eigenvalue weighted by molar-refractivity contribution is -0.137. The number of nitrogens with one attached hydrogen (secondary N) is 2. The molecular weight excluding hydrogens is 350 g/mol. The number of hydrogen-bond donors (Lipinski definition) is 3. The molecule has 0 saturated heterocycles.